The minimum absolute atomic E-state index is 0.0285. The lowest BCUT2D eigenvalue weighted by Crippen LogP contribution is -2.47. The molecule has 0 aliphatic carbocycles. The standard InChI is InChI=1S/C13H20N6O2/c20-12-2-1-9(7-15-12)16-13(21)11-8-19(18-17-11)10-3-5-14-6-4-10/h8-10,14H,1-7H2,(H,15,20)(H,16,21). The molecule has 0 saturated carbocycles. The molecule has 2 fully saturated rings. The van der Waals surface area contributed by atoms with Gasteiger partial charge in [0.1, 0.15) is 0 Å². The first-order chi connectivity index (χ1) is 10.2. The van der Waals surface area contributed by atoms with Gasteiger partial charge in [-0.15, -0.1) is 5.10 Å². The predicted octanol–water partition coefficient (Wildman–Crippen LogP) is -0.789. The zero-order chi connectivity index (χ0) is 14.7. The largest absolute Gasteiger partial charge is 0.354 e. The highest BCUT2D eigenvalue weighted by Crippen LogP contribution is 2.17. The quantitative estimate of drug-likeness (QED) is 0.678. The van der Waals surface area contributed by atoms with Crippen LogP contribution in [0.4, 0.5) is 0 Å². The molecule has 3 rings (SSSR count). The zero-order valence-electron chi connectivity index (χ0n) is 11.8. The Morgan fingerprint density at radius 3 is 2.86 bits per heavy atom. The third-order valence-electron chi connectivity index (χ3n) is 4.03. The molecule has 0 aromatic carbocycles. The van der Waals surface area contributed by atoms with Crippen LogP contribution in [-0.4, -0.2) is 52.5 Å². The maximum absolute atomic E-state index is 12.1. The molecule has 2 aliphatic heterocycles. The van der Waals surface area contributed by atoms with Crippen LogP contribution in [0.3, 0.4) is 0 Å². The first kappa shape index (κ1) is 14.0. The van der Waals surface area contributed by atoms with Crippen LogP contribution < -0.4 is 16.0 Å². The number of nitrogens with one attached hydrogen (secondary N) is 3. The molecule has 8 heteroatoms. The molecule has 1 atom stereocenters. The fraction of sp³-hybridized carbons (Fsp3) is 0.692. The van der Waals surface area contributed by atoms with Gasteiger partial charge < -0.3 is 16.0 Å². The van der Waals surface area contributed by atoms with E-state index in [9.17, 15) is 9.59 Å². The number of carbonyl (C=O) groups excluding carboxylic acids is 2. The van der Waals surface area contributed by atoms with Crippen LogP contribution in [0.15, 0.2) is 6.20 Å². The van der Waals surface area contributed by atoms with E-state index in [2.05, 4.69) is 26.3 Å². The summed E-state index contributed by atoms with van der Waals surface area (Å²) >= 11 is 0. The summed E-state index contributed by atoms with van der Waals surface area (Å²) in [7, 11) is 0. The second-order valence-corrected chi connectivity index (χ2v) is 5.58. The molecule has 3 N–H and O–H groups in total. The van der Waals surface area contributed by atoms with Crippen molar-refractivity contribution in [3.63, 3.8) is 0 Å². The molecule has 3 heterocycles. The van der Waals surface area contributed by atoms with Crippen LogP contribution in [0, 0.1) is 0 Å². The molecule has 21 heavy (non-hydrogen) atoms. The summed E-state index contributed by atoms with van der Waals surface area (Å²) in [6.07, 6.45) is 4.83. The van der Waals surface area contributed by atoms with E-state index in [1.165, 1.54) is 0 Å². The minimum atomic E-state index is -0.226. The Bertz CT molecular complexity index is 512. The Labute approximate surface area is 122 Å². The second-order valence-electron chi connectivity index (χ2n) is 5.58. The Morgan fingerprint density at radius 2 is 2.14 bits per heavy atom. The summed E-state index contributed by atoms with van der Waals surface area (Å²) < 4.78 is 1.79. The third kappa shape index (κ3) is 3.38. The van der Waals surface area contributed by atoms with Crippen LogP contribution in [0.1, 0.15) is 42.2 Å². The van der Waals surface area contributed by atoms with Gasteiger partial charge in [0.25, 0.3) is 5.91 Å². The van der Waals surface area contributed by atoms with Crippen molar-refractivity contribution in [1.29, 1.82) is 0 Å². The molecule has 2 aliphatic rings. The van der Waals surface area contributed by atoms with Crippen molar-refractivity contribution in [1.82, 2.24) is 30.9 Å². The molecule has 0 radical (unpaired) electrons. The van der Waals surface area contributed by atoms with E-state index >= 15 is 0 Å². The number of aromatic nitrogens is 3. The lowest BCUT2D eigenvalue weighted by atomic mass is 10.1. The second kappa shape index (κ2) is 6.21. The third-order valence-corrected chi connectivity index (χ3v) is 4.03. The first-order valence-corrected chi connectivity index (χ1v) is 7.42. The van der Waals surface area contributed by atoms with Gasteiger partial charge in [-0.3, -0.25) is 9.59 Å². The van der Waals surface area contributed by atoms with Crippen LogP contribution in [0.2, 0.25) is 0 Å². The maximum Gasteiger partial charge on any atom is 0.273 e. The van der Waals surface area contributed by atoms with Crippen LogP contribution in [0.5, 0.6) is 0 Å². The summed E-state index contributed by atoms with van der Waals surface area (Å²) in [5.74, 6) is -0.186. The van der Waals surface area contributed by atoms with E-state index in [1.807, 2.05) is 0 Å². The predicted molar refractivity (Wildman–Crippen MR) is 74.7 cm³/mol. The molecule has 114 valence electrons. The summed E-state index contributed by atoms with van der Waals surface area (Å²) in [6, 6.07) is 0.286. The van der Waals surface area contributed by atoms with Crippen molar-refractivity contribution in [2.45, 2.75) is 37.8 Å². The first-order valence-electron chi connectivity index (χ1n) is 7.42. The number of hydrogen-bond acceptors (Lipinski definition) is 5. The van der Waals surface area contributed by atoms with Gasteiger partial charge in [0.15, 0.2) is 5.69 Å². The Hall–Kier alpha value is -1.96. The molecule has 8 nitrogen and oxygen atoms in total. The molecule has 1 aromatic rings. The molecule has 1 unspecified atom stereocenters. The SMILES string of the molecule is O=C1CCC(NC(=O)c2cn(C3CCNCC3)nn2)CN1. The zero-order valence-corrected chi connectivity index (χ0v) is 11.8. The number of amides is 2. The molecular formula is C13H20N6O2. The molecule has 0 spiro atoms. The fourth-order valence-electron chi connectivity index (χ4n) is 2.75. The molecule has 1 aromatic heterocycles. The monoisotopic (exact) mass is 292 g/mol. The van der Waals surface area contributed by atoms with Gasteiger partial charge in [-0.25, -0.2) is 4.68 Å². The van der Waals surface area contributed by atoms with Crippen LogP contribution in [0.25, 0.3) is 0 Å². The Balaban J connectivity index is 1.57. The maximum atomic E-state index is 12.1. The van der Waals surface area contributed by atoms with Crippen molar-refractivity contribution in [2.75, 3.05) is 19.6 Å². The number of carbonyl (C=O) groups is 2. The lowest BCUT2D eigenvalue weighted by molar-refractivity contribution is -0.122. The van der Waals surface area contributed by atoms with Crippen LogP contribution >= 0.6 is 0 Å². The van der Waals surface area contributed by atoms with Gasteiger partial charge >= 0.3 is 0 Å². The highest BCUT2D eigenvalue weighted by atomic mass is 16.2. The van der Waals surface area contributed by atoms with E-state index in [0.29, 0.717) is 31.1 Å². The van der Waals surface area contributed by atoms with E-state index in [-0.39, 0.29) is 17.9 Å². The normalized spacial score (nSPS) is 23.6. The number of nitrogens with zero attached hydrogens (tertiary/aromatic N) is 3. The van der Waals surface area contributed by atoms with Crippen molar-refractivity contribution in [3.05, 3.63) is 11.9 Å². The average molecular weight is 292 g/mol. The molecule has 2 amide bonds. The van der Waals surface area contributed by atoms with E-state index in [1.54, 1.807) is 10.9 Å². The van der Waals surface area contributed by atoms with E-state index in [4.69, 9.17) is 0 Å². The topological polar surface area (TPSA) is 101 Å². The lowest BCUT2D eigenvalue weighted by Gasteiger charge is -2.23. The molecule has 0 bridgehead atoms. The van der Waals surface area contributed by atoms with E-state index < -0.39 is 0 Å². The highest BCUT2D eigenvalue weighted by molar-refractivity contribution is 5.92. The molecular weight excluding hydrogens is 272 g/mol. The van der Waals surface area contributed by atoms with Crippen molar-refractivity contribution in [3.8, 4) is 0 Å². The minimum Gasteiger partial charge on any atom is -0.354 e. The van der Waals surface area contributed by atoms with Gasteiger partial charge in [0, 0.05) is 19.0 Å². The van der Waals surface area contributed by atoms with Gasteiger partial charge in [-0.2, -0.15) is 0 Å². The van der Waals surface area contributed by atoms with Crippen LogP contribution in [-0.2, 0) is 4.79 Å². The van der Waals surface area contributed by atoms with E-state index in [0.717, 1.165) is 25.9 Å². The summed E-state index contributed by atoms with van der Waals surface area (Å²) in [4.78, 5) is 23.2. The summed E-state index contributed by atoms with van der Waals surface area (Å²) in [5, 5.41) is 17.0. The number of piperidine rings is 2. The summed E-state index contributed by atoms with van der Waals surface area (Å²) in [5.41, 5.74) is 0.338. The molecule has 2 saturated heterocycles. The van der Waals surface area contributed by atoms with Gasteiger partial charge in [0.2, 0.25) is 5.91 Å². The van der Waals surface area contributed by atoms with Crippen molar-refractivity contribution < 1.29 is 9.59 Å². The summed E-state index contributed by atoms with van der Waals surface area (Å²) in [6.45, 7) is 2.41. The van der Waals surface area contributed by atoms with Gasteiger partial charge in [-0.1, -0.05) is 5.21 Å². The Morgan fingerprint density at radius 1 is 1.33 bits per heavy atom. The van der Waals surface area contributed by atoms with Gasteiger partial charge in [0.05, 0.1) is 12.2 Å². The fourth-order valence-corrected chi connectivity index (χ4v) is 2.75. The highest BCUT2D eigenvalue weighted by Gasteiger charge is 2.23. The number of hydrogen-bond donors (Lipinski definition) is 3. The smallest absolute Gasteiger partial charge is 0.273 e. The van der Waals surface area contributed by atoms with Crippen molar-refractivity contribution >= 4 is 11.8 Å². The average Bonchev–Trinajstić information content (AvgIpc) is 3.00. The van der Waals surface area contributed by atoms with Gasteiger partial charge in [-0.05, 0) is 32.4 Å². The Kier molecular flexibility index (Phi) is 4.14. The van der Waals surface area contributed by atoms with Crippen molar-refractivity contribution in [2.24, 2.45) is 0 Å². The number of rotatable bonds is 3.